The molecule has 0 spiro atoms. The maximum Gasteiger partial charge on any atom is 0.228 e. The third kappa shape index (κ3) is 3.44. The van der Waals surface area contributed by atoms with Crippen molar-refractivity contribution in [1.82, 2.24) is 0 Å². The molecule has 0 aliphatic carbocycles. The SMILES string of the molecule is CN(C1=Nc2ccc(Cl)cc2C(c2ccccc2)=[N+]([O-])C1)c1ccccc1. The van der Waals surface area contributed by atoms with Crippen LogP contribution in [0.2, 0.25) is 5.02 Å². The van der Waals surface area contributed by atoms with Crippen molar-refractivity contribution in [2.24, 2.45) is 4.99 Å². The van der Waals surface area contributed by atoms with Crippen LogP contribution in [0, 0.1) is 5.21 Å². The van der Waals surface area contributed by atoms with Crippen molar-refractivity contribution in [3.63, 3.8) is 0 Å². The number of fused-ring (bicyclic) bond motifs is 1. The molecule has 1 heterocycles. The van der Waals surface area contributed by atoms with Crippen molar-refractivity contribution < 1.29 is 4.74 Å². The van der Waals surface area contributed by atoms with E-state index in [9.17, 15) is 5.21 Å². The monoisotopic (exact) mass is 375 g/mol. The van der Waals surface area contributed by atoms with Crippen LogP contribution >= 0.6 is 11.6 Å². The van der Waals surface area contributed by atoms with E-state index in [4.69, 9.17) is 16.6 Å². The molecule has 134 valence electrons. The molecule has 0 radical (unpaired) electrons. The molecule has 1 aliphatic rings. The van der Waals surface area contributed by atoms with Crippen LogP contribution in [-0.2, 0) is 0 Å². The molecule has 3 aromatic rings. The lowest BCUT2D eigenvalue weighted by Gasteiger charge is -2.20. The van der Waals surface area contributed by atoms with E-state index in [1.54, 1.807) is 12.1 Å². The highest BCUT2D eigenvalue weighted by Gasteiger charge is 2.26. The molecular formula is C22H18ClN3O. The first-order valence-corrected chi connectivity index (χ1v) is 9.04. The fourth-order valence-electron chi connectivity index (χ4n) is 3.19. The van der Waals surface area contributed by atoms with Crippen LogP contribution in [0.15, 0.2) is 83.9 Å². The first-order valence-electron chi connectivity index (χ1n) is 8.67. The van der Waals surface area contributed by atoms with Crippen molar-refractivity contribution in [2.45, 2.75) is 0 Å². The van der Waals surface area contributed by atoms with Crippen LogP contribution in [0.4, 0.5) is 11.4 Å². The zero-order valence-corrected chi connectivity index (χ0v) is 15.6. The van der Waals surface area contributed by atoms with Gasteiger partial charge in [0.15, 0.2) is 5.84 Å². The molecule has 3 aromatic carbocycles. The molecule has 0 N–H and O–H groups in total. The Balaban J connectivity index is 1.88. The van der Waals surface area contributed by atoms with Crippen molar-refractivity contribution >= 4 is 34.5 Å². The largest absolute Gasteiger partial charge is 0.623 e. The highest BCUT2D eigenvalue weighted by atomic mass is 35.5. The standard InChI is InChI=1S/C22H18ClN3O/c1-25(18-10-6-3-7-11-18)21-15-26(27)22(16-8-4-2-5-9-16)19-14-17(23)12-13-20(19)24-21/h2-14H,15H2,1H3. The van der Waals surface area contributed by atoms with Crippen LogP contribution < -0.4 is 4.90 Å². The van der Waals surface area contributed by atoms with Crippen molar-refractivity contribution in [2.75, 3.05) is 18.5 Å². The molecule has 4 nitrogen and oxygen atoms in total. The summed E-state index contributed by atoms with van der Waals surface area (Å²) >= 11 is 6.23. The summed E-state index contributed by atoms with van der Waals surface area (Å²) in [5, 5.41) is 13.7. The van der Waals surface area contributed by atoms with E-state index in [1.165, 1.54) is 0 Å². The summed E-state index contributed by atoms with van der Waals surface area (Å²) in [5.74, 6) is 0.672. The molecule has 27 heavy (non-hydrogen) atoms. The highest BCUT2D eigenvalue weighted by molar-refractivity contribution is 6.31. The number of hydroxylamine groups is 1. The highest BCUT2D eigenvalue weighted by Crippen LogP contribution is 2.29. The van der Waals surface area contributed by atoms with Crippen LogP contribution in [0.1, 0.15) is 11.1 Å². The molecule has 4 rings (SSSR count). The Morgan fingerprint density at radius 3 is 2.33 bits per heavy atom. The molecule has 0 saturated heterocycles. The number of hydrogen-bond acceptors (Lipinski definition) is 3. The van der Waals surface area contributed by atoms with Crippen LogP contribution in [0.3, 0.4) is 0 Å². The van der Waals surface area contributed by atoms with Gasteiger partial charge < -0.3 is 10.1 Å². The Morgan fingerprint density at radius 2 is 1.63 bits per heavy atom. The average Bonchev–Trinajstić information content (AvgIpc) is 2.84. The van der Waals surface area contributed by atoms with Gasteiger partial charge in [0.25, 0.3) is 0 Å². The van der Waals surface area contributed by atoms with Gasteiger partial charge >= 0.3 is 0 Å². The number of rotatable bonds is 2. The number of hydrogen-bond donors (Lipinski definition) is 0. The third-order valence-corrected chi connectivity index (χ3v) is 4.81. The number of aliphatic imine (C=N–C) groups is 1. The minimum absolute atomic E-state index is 0.141. The van der Waals surface area contributed by atoms with Gasteiger partial charge in [-0.1, -0.05) is 48.0 Å². The minimum Gasteiger partial charge on any atom is -0.623 e. The predicted octanol–water partition coefficient (Wildman–Crippen LogP) is 4.87. The van der Waals surface area contributed by atoms with Gasteiger partial charge in [0.05, 0.1) is 11.3 Å². The zero-order chi connectivity index (χ0) is 18.8. The van der Waals surface area contributed by atoms with Gasteiger partial charge in [0.2, 0.25) is 12.3 Å². The van der Waals surface area contributed by atoms with Gasteiger partial charge in [-0.2, -0.15) is 4.74 Å². The maximum absolute atomic E-state index is 13.2. The molecule has 5 heteroatoms. The van der Waals surface area contributed by atoms with Crippen molar-refractivity contribution in [3.8, 4) is 0 Å². The number of benzene rings is 3. The molecule has 0 unspecified atom stereocenters. The number of amidine groups is 1. The fourth-order valence-corrected chi connectivity index (χ4v) is 3.36. The summed E-state index contributed by atoms with van der Waals surface area (Å²) in [4.78, 5) is 6.75. The molecule has 0 saturated carbocycles. The van der Waals surface area contributed by atoms with Crippen molar-refractivity contribution in [3.05, 3.63) is 100 Å². The summed E-state index contributed by atoms with van der Waals surface area (Å²) in [7, 11) is 1.92. The molecule has 0 atom stereocenters. The number of anilines is 1. The lowest BCUT2D eigenvalue weighted by atomic mass is 10.0. The van der Waals surface area contributed by atoms with Gasteiger partial charge in [-0.3, -0.25) is 0 Å². The third-order valence-electron chi connectivity index (χ3n) is 4.58. The summed E-state index contributed by atoms with van der Waals surface area (Å²) in [6.45, 7) is 0.141. The quantitative estimate of drug-likeness (QED) is 0.473. The number of nitrogens with zero attached hydrogens (tertiary/aromatic N) is 3. The molecular weight excluding hydrogens is 358 g/mol. The molecule has 1 aliphatic heterocycles. The molecule has 0 bridgehead atoms. The van der Waals surface area contributed by atoms with Crippen LogP contribution in [0.25, 0.3) is 0 Å². The van der Waals surface area contributed by atoms with E-state index < -0.39 is 0 Å². The molecule has 0 fully saturated rings. The van der Waals surface area contributed by atoms with E-state index in [-0.39, 0.29) is 6.54 Å². The van der Waals surface area contributed by atoms with Gasteiger partial charge in [0, 0.05) is 23.3 Å². The van der Waals surface area contributed by atoms with Crippen LogP contribution in [-0.4, -0.2) is 29.9 Å². The first kappa shape index (κ1) is 17.3. The summed E-state index contributed by atoms with van der Waals surface area (Å²) in [5.41, 5.74) is 3.86. The van der Waals surface area contributed by atoms with Crippen molar-refractivity contribution in [1.29, 1.82) is 0 Å². The van der Waals surface area contributed by atoms with Gasteiger partial charge in [-0.15, -0.1) is 0 Å². The summed E-state index contributed by atoms with van der Waals surface area (Å²) in [6, 6.07) is 25.0. The number of halogens is 1. The Kier molecular flexibility index (Phi) is 4.65. The lowest BCUT2D eigenvalue weighted by molar-refractivity contribution is -0.439. The second kappa shape index (κ2) is 7.25. The van der Waals surface area contributed by atoms with Gasteiger partial charge in [-0.25, -0.2) is 4.99 Å². The lowest BCUT2D eigenvalue weighted by Crippen LogP contribution is -2.34. The van der Waals surface area contributed by atoms with E-state index in [2.05, 4.69) is 0 Å². The smallest absolute Gasteiger partial charge is 0.228 e. The maximum atomic E-state index is 13.2. The van der Waals surface area contributed by atoms with E-state index in [0.717, 1.165) is 27.2 Å². The molecule has 0 amide bonds. The average molecular weight is 376 g/mol. The summed E-state index contributed by atoms with van der Waals surface area (Å²) in [6.07, 6.45) is 0. The van der Waals surface area contributed by atoms with Crippen LogP contribution in [0.5, 0.6) is 0 Å². The normalized spacial score (nSPS) is 13.6. The topological polar surface area (TPSA) is 41.7 Å². The number of likely N-dealkylation sites (N-methyl/N-ethyl adjacent to an activating group) is 1. The van der Waals surface area contributed by atoms with E-state index in [0.29, 0.717) is 16.6 Å². The van der Waals surface area contributed by atoms with Gasteiger partial charge in [-0.05, 0) is 42.5 Å². The van der Waals surface area contributed by atoms with Gasteiger partial charge in [0.1, 0.15) is 0 Å². The zero-order valence-electron chi connectivity index (χ0n) is 14.8. The fraction of sp³-hybridized carbons (Fsp3) is 0.0909. The minimum atomic E-state index is 0.141. The Hall–Kier alpha value is -3.11. The van der Waals surface area contributed by atoms with E-state index >= 15 is 0 Å². The predicted molar refractivity (Wildman–Crippen MR) is 112 cm³/mol. The Labute approximate surface area is 163 Å². The first-order chi connectivity index (χ1) is 13.1. The summed E-state index contributed by atoms with van der Waals surface area (Å²) < 4.78 is 0.996. The second-order valence-corrected chi connectivity index (χ2v) is 6.77. The second-order valence-electron chi connectivity index (χ2n) is 6.34. The Bertz CT molecular complexity index is 1030. The molecule has 0 aromatic heterocycles. The van der Waals surface area contributed by atoms with E-state index in [1.807, 2.05) is 78.7 Å². The Morgan fingerprint density at radius 1 is 0.963 bits per heavy atom. The number of para-hydroxylation sites is 1.